The van der Waals surface area contributed by atoms with Gasteiger partial charge in [0.15, 0.2) is 0 Å². The van der Waals surface area contributed by atoms with Gasteiger partial charge in [-0.25, -0.2) is 0 Å². The number of aryl methyl sites for hydroxylation is 1. The minimum absolute atomic E-state index is 0.120. The third-order valence-electron chi connectivity index (χ3n) is 3.12. The second-order valence-corrected chi connectivity index (χ2v) is 5.12. The van der Waals surface area contributed by atoms with Crippen molar-refractivity contribution in [3.8, 4) is 0 Å². The molecule has 0 saturated heterocycles. The van der Waals surface area contributed by atoms with Gasteiger partial charge in [-0.05, 0) is 31.2 Å². The third-order valence-corrected chi connectivity index (χ3v) is 3.36. The van der Waals surface area contributed by atoms with E-state index >= 15 is 0 Å². The van der Waals surface area contributed by atoms with E-state index in [1.54, 1.807) is 28.8 Å². The quantitative estimate of drug-likeness (QED) is 0.852. The molecular formula is C15H16ClN3O2. The van der Waals surface area contributed by atoms with Crippen LogP contribution in [0.2, 0.25) is 5.02 Å². The second-order valence-electron chi connectivity index (χ2n) is 4.69. The summed E-state index contributed by atoms with van der Waals surface area (Å²) in [4.78, 5) is 23.7. The van der Waals surface area contributed by atoms with Crippen LogP contribution in [0.1, 0.15) is 12.1 Å². The van der Waals surface area contributed by atoms with Gasteiger partial charge in [-0.15, -0.1) is 0 Å². The number of hydrogen-bond donors (Lipinski definition) is 2. The van der Waals surface area contributed by atoms with Crippen molar-refractivity contribution in [1.29, 1.82) is 0 Å². The van der Waals surface area contributed by atoms with Crippen molar-refractivity contribution in [3.05, 3.63) is 57.5 Å². The fourth-order valence-corrected chi connectivity index (χ4v) is 2.14. The Hall–Kier alpha value is -2.27. The van der Waals surface area contributed by atoms with Crippen LogP contribution in [0.25, 0.3) is 0 Å². The number of amides is 1. The summed E-state index contributed by atoms with van der Waals surface area (Å²) in [5.41, 5.74) is 7.38. The molecule has 2 aromatic rings. The highest BCUT2D eigenvalue weighted by molar-refractivity contribution is 6.31. The smallest absolute Gasteiger partial charge is 0.250 e. The largest absolute Gasteiger partial charge is 0.397 e. The van der Waals surface area contributed by atoms with Crippen molar-refractivity contribution in [3.63, 3.8) is 0 Å². The first kappa shape index (κ1) is 15.1. The molecule has 6 heteroatoms. The molecule has 0 atom stereocenters. The molecule has 0 aliphatic heterocycles. The van der Waals surface area contributed by atoms with E-state index in [1.165, 1.54) is 6.07 Å². The molecule has 0 aliphatic carbocycles. The molecule has 0 spiro atoms. The highest BCUT2D eigenvalue weighted by atomic mass is 35.5. The van der Waals surface area contributed by atoms with E-state index in [9.17, 15) is 9.59 Å². The molecule has 2 rings (SSSR count). The lowest BCUT2D eigenvalue weighted by atomic mass is 10.2. The van der Waals surface area contributed by atoms with Gasteiger partial charge in [-0.3, -0.25) is 9.59 Å². The normalized spacial score (nSPS) is 10.4. The van der Waals surface area contributed by atoms with E-state index in [1.807, 2.05) is 13.0 Å². The number of carbonyl (C=O) groups excluding carboxylic acids is 1. The maximum atomic E-state index is 11.9. The van der Waals surface area contributed by atoms with E-state index < -0.39 is 0 Å². The van der Waals surface area contributed by atoms with E-state index in [-0.39, 0.29) is 17.9 Å². The Kier molecular flexibility index (Phi) is 4.65. The number of benzene rings is 1. The topological polar surface area (TPSA) is 77.1 Å². The minimum atomic E-state index is -0.223. The Balaban J connectivity index is 2.03. The van der Waals surface area contributed by atoms with Crippen LogP contribution in [-0.4, -0.2) is 10.5 Å². The number of aromatic nitrogens is 1. The third kappa shape index (κ3) is 3.86. The van der Waals surface area contributed by atoms with Gasteiger partial charge in [0.2, 0.25) is 5.91 Å². The summed E-state index contributed by atoms with van der Waals surface area (Å²) in [5.74, 6) is -0.223. The molecule has 5 nitrogen and oxygen atoms in total. The van der Waals surface area contributed by atoms with Crippen molar-refractivity contribution in [2.24, 2.45) is 0 Å². The predicted octanol–water partition coefficient (Wildman–Crippen LogP) is 2.42. The molecule has 1 heterocycles. The lowest BCUT2D eigenvalue weighted by Crippen LogP contribution is -2.24. The van der Waals surface area contributed by atoms with Gasteiger partial charge in [0.25, 0.3) is 5.56 Å². The highest BCUT2D eigenvalue weighted by Crippen LogP contribution is 2.22. The summed E-state index contributed by atoms with van der Waals surface area (Å²) < 4.78 is 1.56. The molecule has 0 bridgehead atoms. The maximum absolute atomic E-state index is 11.9. The van der Waals surface area contributed by atoms with Crippen LogP contribution in [0, 0.1) is 6.92 Å². The molecule has 21 heavy (non-hydrogen) atoms. The Morgan fingerprint density at radius 3 is 2.81 bits per heavy atom. The first-order chi connectivity index (χ1) is 9.97. The van der Waals surface area contributed by atoms with Crippen molar-refractivity contribution >= 4 is 28.9 Å². The summed E-state index contributed by atoms with van der Waals surface area (Å²) in [6.45, 7) is 2.14. The number of pyridine rings is 1. The second kappa shape index (κ2) is 6.45. The zero-order valence-corrected chi connectivity index (χ0v) is 12.4. The SMILES string of the molecule is Cc1cccc(=O)n1CCC(=O)Nc1cc(Cl)ccc1N. The average Bonchev–Trinajstić information content (AvgIpc) is 2.42. The number of halogens is 1. The molecular weight excluding hydrogens is 290 g/mol. The lowest BCUT2D eigenvalue weighted by Gasteiger charge is -2.11. The number of nitrogens with two attached hydrogens (primary N) is 1. The molecule has 3 N–H and O–H groups in total. The van der Waals surface area contributed by atoms with Crippen LogP contribution in [0.5, 0.6) is 0 Å². The molecule has 0 saturated carbocycles. The number of hydrogen-bond acceptors (Lipinski definition) is 3. The van der Waals surface area contributed by atoms with Gasteiger partial charge in [0, 0.05) is 29.7 Å². The summed E-state index contributed by atoms with van der Waals surface area (Å²) in [5, 5.41) is 3.19. The van der Waals surface area contributed by atoms with E-state index in [2.05, 4.69) is 5.32 Å². The summed E-state index contributed by atoms with van der Waals surface area (Å²) in [6, 6.07) is 9.87. The fraction of sp³-hybridized carbons (Fsp3) is 0.200. The van der Waals surface area contributed by atoms with Crippen LogP contribution in [0.3, 0.4) is 0 Å². The van der Waals surface area contributed by atoms with Gasteiger partial charge < -0.3 is 15.6 Å². The van der Waals surface area contributed by atoms with E-state index in [0.29, 0.717) is 22.9 Å². The van der Waals surface area contributed by atoms with Crippen molar-refractivity contribution in [1.82, 2.24) is 4.57 Å². The Morgan fingerprint density at radius 2 is 2.10 bits per heavy atom. The van der Waals surface area contributed by atoms with Crippen molar-refractivity contribution in [2.75, 3.05) is 11.1 Å². The molecule has 110 valence electrons. The Morgan fingerprint density at radius 1 is 1.33 bits per heavy atom. The summed E-state index contributed by atoms with van der Waals surface area (Å²) >= 11 is 5.86. The molecule has 0 aliphatic rings. The molecule has 0 unspecified atom stereocenters. The zero-order chi connectivity index (χ0) is 15.4. The van der Waals surface area contributed by atoms with Crippen LogP contribution in [-0.2, 0) is 11.3 Å². The maximum Gasteiger partial charge on any atom is 0.250 e. The minimum Gasteiger partial charge on any atom is -0.397 e. The molecule has 1 aromatic carbocycles. The number of rotatable bonds is 4. The van der Waals surface area contributed by atoms with E-state index in [0.717, 1.165) is 5.69 Å². The number of nitrogen functional groups attached to an aromatic ring is 1. The Bertz CT molecular complexity index is 725. The monoisotopic (exact) mass is 305 g/mol. The van der Waals surface area contributed by atoms with Crippen molar-refractivity contribution in [2.45, 2.75) is 19.9 Å². The Labute approximate surface area is 127 Å². The molecule has 1 aromatic heterocycles. The van der Waals surface area contributed by atoms with Gasteiger partial charge in [-0.1, -0.05) is 17.7 Å². The van der Waals surface area contributed by atoms with Gasteiger partial charge in [-0.2, -0.15) is 0 Å². The first-order valence-corrected chi connectivity index (χ1v) is 6.86. The van der Waals surface area contributed by atoms with Gasteiger partial charge in [0.1, 0.15) is 0 Å². The highest BCUT2D eigenvalue weighted by Gasteiger charge is 2.07. The predicted molar refractivity (Wildman–Crippen MR) is 84.6 cm³/mol. The first-order valence-electron chi connectivity index (χ1n) is 6.48. The molecule has 0 radical (unpaired) electrons. The fourth-order valence-electron chi connectivity index (χ4n) is 1.97. The summed E-state index contributed by atoms with van der Waals surface area (Å²) in [7, 11) is 0. The average molecular weight is 306 g/mol. The number of anilines is 2. The van der Waals surface area contributed by atoms with Crippen LogP contribution < -0.4 is 16.6 Å². The van der Waals surface area contributed by atoms with E-state index in [4.69, 9.17) is 17.3 Å². The van der Waals surface area contributed by atoms with Crippen LogP contribution in [0.4, 0.5) is 11.4 Å². The van der Waals surface area contributed by atoms with Crippen LogP contribution >= 0.6 is 11.6 Å². The molecule has 0 fully saturated rings. The van der Waals surface area contributed by atoms with Gasteiger partial charge >= 0.3 is 0 Å². The van der Waals surface area contributed by atoms with Gasteiger partial charge in [0.05, 0.1) is 11.4 Å². The standard InChI is InChI=1S/C15H16ClN3O2/c1-10-3-2-4-15(21)19(10)8-7-14(20)18-13-9-11(16)5-6-12(13)17/h2-6,9H,7-8,17H2,1H3,(H,18,20). The molecule has 1 amide bonds. The van der Waals surface area contributed by atoms with Crippen molar-refractivity contribution < 1.29 is 4.79 Å². The number of nitrogens with one attached hydrogen (secondary N) is 1. The number of carbonyl (C=O) groups is 1. The lowest BCUT2D eigenvalue weighted by molar-refractivity contribution is -0.116. The summed E-state index contributed by atoms with van der Waals surface area (Å²) in [6.07, 6.45) is 0.177. The van der Waals surface area contributed by atoms with Crippen LogP contribution in [0.15, 0.2) is 41.2 Å². The number of nitrogens with zero attached hydrogens (tertiary/aromatic N) is 1. The zero-order valence-electron chi connectivity index (χ0n) is 11.6.